The van der Waals surface area contributed by atoms with Crippen LogP contribution < -0.4 is 11.3 Å². The fourth-order valence-electron chi connectivity index (χ4n) is 1.77. The fraction of sp³-hybridized carbons (Fsp3) is 0.154. The molecule has 0 spiro atoms. The largest absolute Gasteiger partial charge is 0.271 e. The van der Waals surface area contributed by atoms with Gasteiger partial charge in [0.2, 0.25) is 0 Å². The summed E-state index contributed by atoms with van der Waals surface area (Å²) < 4.78 is 0. The van der Waals surface area contributed by atoms with Crippen LogP contribution in [0.4, 0.5) is 0 Å². The lowest BCUT2D eigenvalue weighted by Crippen LogP contribution is -2.30. The Labute approximate surface area is 116 Å². The summed E-state index contributed by atoms with van der Waals surface area (Å²) in [5, 5.41) is 1.21. The standard InChI is InChI=1S/C13H13Cl2N3/c14-9-4-5-11(12(15)7-9)13(18-16)8-10-3-1-2-6-17-10/h1-7,13,18H,8,16H2. The summed E-state index contributed by atoms with van der Waals surface area (Å²) in [5.74, 6) is 5.59. The van der Waals surface area contributed by atoms with E-state index in [0.29, 0.717) is 16.5 Å². The maximum atomic E-state index is 6.17. The van der Waals surface area contributed by atoms with Crippen molar-refractivity contribution in [2.75, 3.05) is 0 Å². The van der Waals surface area contributed by atoms with E-state index in [1.807, 2.05) is 24.3 Å². The lowest BCUT2D eigenvalue weighted by atomic mass is 10.0. The molecule has 0 radical (unpaired) electrons. The number of halogens is 2. The summed E-state index contributed by atoms with van der Waals surface area (Å²) in [7, 11) is 0. The number of pyridine rings is 1. The molecule has 94 valence electrons. The summed E-state index contributed by atoms with van der Waals surface area (Å²) in [5.41, 5.74) is 4.62. The molecular formula is C13H13Cl2N3. The normalized spacial score (nSPS) is 12.4. The van der Waals surface area contributed by atoms with Crippen molar-refractivity contribution in [3.63, 3.8) is 0 Å². The van der Waals surface area contributed by atoms with Crippen molar-refractivity contribution in [3.05, 3.63) is 63.9 Å². The van der Waals surface area contributed by atoms with E-state index in [9.17, 15) is 0 Å². The zero-order chi connectivity index (χ0) is 13.0. The maximum absolute atomic E-state index is 6.17. The van der Waals surface area contributed by atoms with Crippen LogP contribution in [-0.4, -0.2) is 4.98 Å². The zero-order valence-corrected chi connectivity index (χ0v) is 11.1. The third-order valence-electron chi connectivity index (χ3n) is 2.68. The highest BCUT2D eigenvalue weighted by Crippen LogP contribution is 2.27. The van der Waals surface area contributed by atoms with Gasteiger partial charge in [0.15, 0.2) is 0 Å². The van der Waals surface area contributed by atoms with Gasteiger partial charge in [0, 0.05) is 28.4 Å². The SMILES string of the molecule is NNC(Cc1ccccn1)c1ccc(Cl)cc1Cl. The quantitative estimate of drug-likeness (QED) is 0.669. The number of nitrogens with one attached hydrogen (secondary N) is 1. The minimum atomic E-state index is -0.0929. The molecule has 0 saturated heterocycles. The second-order valence-corrected chi connectivity index (χ2v) is 4.75. The number of rotatable bonds is 4. The molecule has 0 aliphatic carbocycles. The molecule has 18 heavy (non-hydrogen) atoms. The number of hydrazine groups is 1. The Morgan fingerprint density at radius 1 is 1.22 bits per heavy atom. The van der Waals surface area contributed by atoms with Crippen LogP contribution in [0.15, 0.2) is 42.6 Å². The molecule has 0 bridgehead atoms. The Bertz CT molecular complexity index is 517. The van der Waals surface area contributed by atoms with Gasteiger partial charge >= 0.3 is 0 Å². The predicted octanol–water partition coefficient (Wildman–Crippen LogP) is 3.14. The zero-order valence-electron chi connectivity index (χ0n) is 9.61. The molecule has 2 rings (SSSR count). The van der Waals surface area contributed by atoms with Crippen LogP contribution in [0.25, 0.3) is 0 Å². The average molecular weight is 282 g/mol. The van der Waals surface area contributed by atoms with Gasteiger partial charge in [-0.3, -0.25) is 16.3 Å². The number of nitrogens with two attached hydrogens (primary N) is 1. The number of hydrogen-bond donors (Lipinski definition) is 2. The van der Waals surface area contributed by atoms with Crippen LogP contribution in [0.3, 0.4) is 0 Å². The van der Waals surface area contributed by atoms with Crippen molar-refractivity contribution >= 4 is 23.2 Å². The molecule has 0 fully saturated rings. The summed E-state index contributed by atoms with van der Waals surface area (Å²) in [6, 6.07) is 11.1. The van der Waals surface area contributed by atoms with Crippen molar-refractivity contribution in [2.45, 2.75) is 12.5 Å². The van der Waals surface area contributed by atoms with Gasteiger partial charge in [-0.25, -0.2) is 0 Å². The van der Waals surface area contributed by atoms with Crippen molar-refractivity contribution in [1.29, 1.82) is 0 Å². The first-order valence-electron chi connectivity index (χ1n) is 5.51. The van der Waals surface area contributed by atoms with Gasteiger partial charge in [-0.1, -0.05) is 35.3 Å². The molecule has 1 heterocycles. The Kier molecular flexibility index (Phi) is 4.55. The highest BCUT2D eigenvalue weighted by atomic mass is 35.5. The number of hydrogen-bond acceptors (Lipinski definition) is 3. The minimum absolute atomic E-state index is 0.0929. The first-order chi connectivity index (χ1) is 8.70. The van der Waals surface area contributed by atoms with Crippen LogP contribution >= 0.6 is 23.2 Å². The monoisotopic (exact) mass is 281 g/mol. The summed E-state index contributed by atoms with van der Waals surface area (Å²) in [4.78, 5) is 4.27. The third kappa shape index (κ3) is 3.21. The molecular weight excluding hydrogens is 269 g/mol. The Hall–Kier alpha value is -1.13. The van der Waals surface area contributed by atoms with Crippen LogP contribution in [-0.2, 0) is 6.42 Å². The smallest absolute Gasteiger partial charge is 0.0530 e. The first kappa shape index (κ1) is 13.3. The number of nitrogens with zero attached hydrogens (tertiary/aromatic N) is 1. The van der Waals surface area contributed by atoms with Gasteiger partial charge in [0.25, 0.3) is 0 Å². The van der Waals surface area contributed by atoms with E-state index in [0.717, 1.165) is 11.3 Å². The van der Waals surface area contributed by atoms with Gasteiger partial charge in [-0.2, -0.15) is 0 Å². The number of aromatic nitrogens is 1. The van der Waals surface area contributed by atoms with E-state index >= 15 is 0 Å². The van der Waals surface area contributed by atoms with Crippen LogP contribution in [0, 0.1) is 0 Å². The van der Waals surface area contributed by atoms with E-state index in [-0.39, 0.29) is 6.04 Å². The molecule has 2 aromatic rings. The highest BCUT2D eigenvalue weighted by Gasteiger charge is 2.14. The predicted molar refractivity (Wildman–Crippen MR) is 74.5 cm³/mol. The van der Waals surface area contributed by atoms with Crippen molar-refractivity contribution in [2.24, 2.45) is 5.84 Å². The molecule has 0 aliphatic rings. The van der Waals surface area contributed by atoms with E-state index in [2.05, 4.69) is 10.4 Å². The molecule has 3 nitrogen and oxygen atoms in total. The van der Waals surface area contributed by atoms with E-state index in [1.165, 1.54) is 0 Å². The fourth-order valence-corrected chi connectivity index (χ4v) is 2.31. The molecule has 1 atom stereocenters. The van der Waals surface area contributed by atoms with Gasteiger partial charge in [0.05, 0.1) is 6.04 Å². The van der Waals surface area contributed by atoms with E-state index in [4.69, 9.17) is 29.0 Å². The van der Waals surface area contributed by atoms with E-state index < -0.39 is 0 Å². The Morgan fingerprint density at radius 2 is 2.06 bits per heavy atom. The third-order valence-corrected chi connectivity index (χ3v) is 3.24. The summed E-state index contributed by atoms with van der Waals surface area (Å²) in [6.07, 6.45) is 2.42. The molecule has 3 N–H and O–H groups in total. The Morgan fingerprint density at radius 3 is 2.67 bits per heavy atom. The molecule has 0 saturated carbocycles. The molecule has 1 aromatic heterocycles. The van der Waals surface area contributed by atoms with Gasteiger partial charge in [0.1, 0.15) is 0 Å². The second kappa shape index (κ2) is 6.16. The lowest BCUT2D eigenvalue weighted by Gasteiger charge is -2.17. The Balaban J connectivity index is 2.23. The maximum Gasteiger partial charge on any atom is 0.0530 e. The molecule has 0 aliphatic heterocycles. The van der Waals surface area contributed by atoms with Gasteiger partial charge in [-0.15, -0.1) is 0 Å². The van der Waals surface area contributed by atoms with Crippen molar-refractivity contribution < 1.29 is 0 Å². The highest BCUT2D eigenvalue weighted by molar-refractivity contribution is 6.35. The van der Waals surface area contributed by atoms with Gasteiger partial charge in [-0.05, 0) is 29.8 Å². The van der Waals surface area contributed by atoms with Crippen LogP contribution in [0.2, 0.25) is 10.0 Å². The number of benzene rings is 1. The van der Waals surface area contributed by atoms with Gasteiger partial charge < -0.3 is 0 Å². The lowest BCUT2D eigenvalue weighted by molar-refractivity contribution is 0.546. The molecule has 0 amide bonds. The summed E-state index contributed by atoms with van der Waals surface area (Å²) >= 11 is 12.0. The average Bonchev–Trinajstić information content (AvgIpc) is 2.38. The van der Waals surface area contributed by atoms with E-state index in [1.54, 1.807) is 18.3 Å². The van der Waals surface area contributed by atoms with Crippen molar-refractivity contribution in [3.8, 4) is 0 Å². The molecule has 1 aromatic carbocycles. The molecule has 5 heteroatoms. The molecule has 1 unspecified atom stereocenters. The summed E-state index contributed by atoms with van der Waals surface area (Å²) in [6.45, 7) is 0. The minimum Gasteiger partial charge on any atom is -0.271 e. The van der Waals surface area contributed by atoms with Crippen LogP contribution in [0.5, 0.6) is 0 Å². The first-order valence-corrected chi connectivity index (χ1v) is 6.27. The van der Waals surface area contributed by atoms with Crippen LogP contribution in [0.1, 0.15) is 17.3 Å². The second-order valence-electron chi connectivity index (χ2n) is 3.91. The van der Waals surface area contributed by atoms with Crippen molar-refractivity contribution in [1.82, 2.24) is 10.4 Å². The topological polar surface area (TPSA) is 50.9 Å².